The Kier molecular flexibility index (Phi) is 6.17. The van der Waals surface area contributed by atoms with Crippen LogP contribution in [0.3, 0.4) is 0 Å². The molecule has 0 aliphatic carbocycles. The van der Waals surface area contributed by atoms with Crippen LogP contribution in [-0.2, 0) is 6.18 Å². The summed E-state index contributed by atoms with van der Waals surface area (Å²) < 4.78 is 51.0. The van der Waals surface area contributed by atoms with E-state index in [1.807, 2.05) is 42.7 Å². The van der Waals surface area contributed by atoms with Crippen LogP contribution in [0.2, 0.25) is 0 Å². The minimum absolute atomic E-state index is 0.242. The molecule has 33 heavy (non-hydrogen) atoms. The molecule has 0 bridgehead atoms. The van der Waals surface area contributed by atoms with E-state index in [-0.39, 0.29) is 12.5 Å². The second-order valence-corrected chi connectivity index (χ2v) is 7.56. The molecule has 0 radical (unpaired) electrons. The van der Waals surface area contributed by atoms with Gasteiger partial charge in [0.05, 0.1) is 11.1 Å². The number of carbonyl (C=O) groups excluding carboxylic acids is 1. The quantitative estimate of drug-likeness (QED) is 0.541. The van der Waals surface area contributed by atoms with E-state index in [0.717, 1.165) is 29.3 Å². The van der Waals surface area contributed by atoms with Crippen LogP contribution in [0, 0.1) is 13.8 Å². The molecule has 2 aromatic heterocycles. The average Bonchev–Trinajstić information content (AvgIpc) is 3.10. The number of pyridine rings is 1. The van der Waals surface area contributed by atoms with E-state index in [1.165, 1.54) is 6.07 Å². The first-order valence-electron chi connectivity index (χ1n) is 10.4. The number of anilines is 1. The molecule has 0 unspecified atom stereocenters. The van der Waals surface area contributed by atoms with Crippen molar-refractivity contribution in [2.45, 2.75) is 20.0 Å². The molecule has 0 atom stereocenters. The summed E-state index contributed by atoms with van der Waals surface area (Å²) in [4.78, 5) is 16.5. The molecule has 0 saturated heterocycles. The van der Waals surface area contributed by atoms with Crippen LogP contribution in [0.1, 0.15) is 27.3 Å². The highest BCUT2D eigenvalue weighted by Gasteiger charge is 2.30. The van der Waals surface area contributed by atoms with Crippen LogP contribution in [0.4, 0.5) is 19.0 Å². The highest BCUT2D eigenvalue weighted by Crippen LogP contribution is 2.33. The number of ether oxygens (including phenoxy) is 2. The zero-order chi connectivity index (χ0) is 23.6. The monoisotopic (exact) mass is 460 g/mol. The molecule has 174 valence electrons. The van der Waals surface area contributed by atoms with E-state index in [0.29, 0.717) is 42.6 Å². The third-order valence-corrected chi connectivity index (χ3v) is 5.27. The fourth-order valence-corrected chi connectivity index (χ4v) is 3.69. The summed E-state index contributed by atoms with van der Waals surface area (Å²) >= 11 is 0. The Bertz CT molecular complexity index is 1160. The zero-order valence-electron chi connectivity index (χ0n) is 18.1. The van der Waals surface area contributed by atoms with Crippen molar-refractivity contribution in [1.29, 1.82) is 0 Å². The lowest BCUT2D eigenvalue weighted by molar-refractivity contribution is -0.137. The van der Waals surface area contributed by atoms with Gasteiger partial charge in [-0.1, -0.05) is 0 Å². The average molecular weight is 460 g/mol. The second-order valence-electron chi connectivity index (χ2n) is 7.56. The fourth-order valence-electron chi connectivity index (χ4n) is 3.69. The van der Waals surface area contributed by atoms with E-state index in [1.54, 1.807) is 0 Å². The maximum absolute atomic E-state index is 12.7. The minimum Gasteiger partial charge on any atom is -0.486 e. The highest BCUT2D eigenvalue weighted by molar-refractivity contribution is 5.96. The van der Waals surface area contributed by atoms with Crippen molar-refractivity contribution in [2.75, 3.05) is 31.6 Å². The Morgan fingerprint density at radius 3 is 2.52 bits per heavy atom. The van der Waals surface area contributed by atoms with Crippen LogP contribution >= 0.6 is 0 Å². The number of benzene rings is 1. The lowest BCUT2D eigenvalue weighted by atomic mass is 10.2. The molecular formula is C23H23F3N4O3. The number of fused-ring (bicyclic) bond motifs is 1. The maximum atomic E-state index is 12.7. The van der Waals surface area contributed by atoms with Crippen molar-refractivity contribution in [3.63, 3.8) is 0 Å². The molecular weight excluding hydrogens is 437 g/mol. The van der Waals surface area contributed by atoms with Crippen molar-refractivity contribution in [1.82, 2.24) is 14.9 Å². The maximum Gasteiger partial charge on any atom is 0.417 e. The van der Waals surface area contributed by atoms with Gasteiger partial charge in [0.15, 0.2) is 11.5 Å². The van der Waals surface area contributed by atoms with Crippen LogP contribution < -0.4 is 20.1 Å². The number of aryl methyl sites for hydroxylation is 1. The minimum atomic E-state index is -4.42. The molecule has 3 aromatic rings. The van der Waals surface area contributed by atoms with Gasteiger partial charge >= 0.3 is 6.18 Å². The van der Waals surface area contributed by atoms with Gasteiger partial charge in [0.1, 0.15) is 19.0 Å². The predicted octanol–water partition coefficient (Wildman–Crippen LogP) is 4.12. The number of hydrogen-bond donors (Lipinski definition) is 2. The van der Waals surface area contributed by atoms with Gasteiger partial charge in [0.25, 0.3) is 5.91 Å². The van der Waals surface area contributed by atoms with Gasteiger partial charge in [-0.2, -0.15) is 13.2 Å². The lowest BCUT2D eigenvalue weighted by Crippen LogP contribution is -2.29. The number of nitrogens with one attached hydrogen (secondary N) is 2. The fraction of sp³-hybridized carbons (Fsp3) is 0.304. The van der Waals surface area contributed by atoms with Crippen LogP contribution in [0.15, 0.2) is 42.6 Å². The number of aromatic nitrogens is 2. The largest absolute Gasteiger partial charge is 0.486 e. The first-order chi connectivity index (χ1) is 15.7. The zero-order valence-corrected chi connectivity index (χ0v) is 18.1. The molecule has 0 saturated carbocycles. The summed E-state index contributed by atoms with van der Waals surface area (Å²) in [6.45, 7) is 5.37. The SMILES string of the molecule is Cc1cc(C(=O)NCCNc2ccc(C(F)(F)F)cn2)c(C)n1-c1ccc2c(c1)OCCO2. The summed E-state index contributed by atoms with van der Waals surface area (Å²) in [6, 6.07) is 9.68. The highest BCUT2D eigenvalue weighted by atomic mass is 19.4. The van der Waals surface area contributed by atoms with Crippen molar-refractivity contribution < 1.29 is 27.4 Å². The number of nitrogens with zero attached hydrogens (tertiary/aromatic N) is 2. The summed E-state index contributed by atoms with van der Waals surface area (Å²) in [6.07, 6.45) is -3.65. The van der Waals surface area contributed by atoms with Crippen molar-refractivity contribution in [2.24, 2.45) is 0 Å². The van der Waals surface area contributed by atoms with Gasteiger partial charge in [-0.05, 0) is 44.2 Å². The predicted molar refractivity (Wildman–Crippen MR) is 116 cm³/mol. The van der Waals surface area contributed by atoms with E-state index < -0.39 is 11.7 Å². The molecule has 0 spiro atoms. The standard InChI is InChI=1S/C23H23F3N4O3/c1-14-11-18(15(2)30(14)17-4-5-19-20(12-17)33-10-9-32-19)22(31)28-8-7-27-21-6-3-16(13-29-21)23(24,25)26/h3-6,11-13H,7-10H2,1-2H3,(H,27,29)(H,28,31). The Hall–Kier alpha value is -3.69. The second kappa shape index (κ2) is 9.05. The summed E-state index contributed by atoms with van der Waals surface area (Å²) in [7, 11) is 0. The molecule has 1 aliphatic rings. The Morgan fingerprint density at radius 2 is 1.82 bits per heavy atom. The van der Waals surface area contributed by atoms with E-state index in [9.17, 15) is 18.0 Å². The molecule has 0 fully saturated rings. The van der Waals surface area contributed by atoms with Crippen molar-refractivity contribution >= 4 is 11.7 Å². The number of halogens is 3. The normalized spacial score (nSPS) is 13.0. The van der Waals surface area contributed by atoms with E-state index in [2.05, 4.69) is 15.6 Å². The molecule has 1 amide bonds. The Labute approximate surface area is 188 Å². The van der Waals surface area contributed by atoms with Gasteiger partial charge in [-0.15, -0.1) is 0 Å². The third kappa shape index (κ3) is 4.89. The molecule has 3 heterocycles. The van der Waals surface area contributed by atoms with Gasteiger partial charge in [0, 0.05) is 42.4 Å². The first-order valence-corrected chi connectivity index (χ1v) is 10.4. The van der Waals surface area contributed by atoms with E-state index >= 15 is 0 Å². The van der Waals surface area contributed by atoms with Gasteiger partial charge < -0.3 is 24.7 Å². The molecule has 10 heteroatoms. The van der Waals surface area contributed by atoms with Crippen LogP contribution in [-0.4, -0.2) is 41.8 Å². The van der Waals surface area contributed by atoms with E-state index in [4.69, 9.17) is 9.47 Å². The molecule has 1 aromatic carbocycles. The molecule has 7 nitrogen and oxygen atoms in total. The number of carbonyl (C=O) groups is 1. The number of alkyl halides is 3. The van der Waals surface area contributed by atoms with Gasteiger partial charge in [0.2, 0.25) is 0 Å². The number of hydrogen-bond acceptors (Lipinski definition) is 5. The smallest absolute Gasteiger partial charge is 0.417 e. The summed E-state index contributed by atoms with van der Waals surface area (Å²) in [5.74, 6) is 1.42. The molecule has 2 N–H and O–H groups in total. The summed E-state index contributed by atoms with van der Waals surface area (Å²) in [5.41, 5.74) is 2.26. The van der Waals surface area contributed by atoms with Crippen LogP contribution in [0.5, 0.6) is 11.5 Å². The van der Waals surface area contributed by atoms with Crippen molar-refractivity contribution in [3.8, 4) is 17.2 Å². The molecule has 1 aliphatic heterocycles. The lowest BCUT2D eigenvalue weighted by Gasteiger charge is -2.20. The van der Waals surface area contributed by atoms with Gasteiger partial charge in [-0.25, -0.2) is 4.98 Å². The van der Waals surface area contributed by atoms with Crippen molar-refractivity contribution in [3.05, 3.63) is 65.1 Å². The van der Waals surface area contributed by atoms with Crippen LogP contribution in [0.25, 0.3) is 5.69 Å². The topological polar surface area (TPSA) is 77.4 Å². The molecule has 4 rings (SSSR count). The Morgan fingerprint density at radius 1 is 1.06 bits per heavy atom. The number of rotatable bonds is 6. The summed E-state index contributed by atoms with van der Waals surface area (Å²) in [5, 5.41) is 5.71. The number of amides is 1. The Balaban J connectivity index is 1.37. The third-order valence-electron chi connectivity index (χ3n) is 5.27. The van der Waals surface area contributed by atoms with Gasteiger partial charge in [-0.3, -0.25) is 4.79 Å². The first kappa shape index (κ1) is 22.5.